The maximum atomic E-state index is 14.1. The van der Waals surface area contributed by atoms with Crippen molar-refractivity contribution in [2.75, 3.05) is 49.3 Å². The van der Waals surface area contributed by atoms with Gasteiger partial charge in [0.1, 0.15) is 29.1 Å². The van der Waals surface area contributed by atoms with Gasteiger partial charge in [-0.2, -0.15) is 18.4 Å². The average Bonchev–Trinajstić information content (AvgIpc) is 4.10. The Bertz CT molecular complexity index is 2630. The summed E-state index contributed by atoms with van der Waals surface area (Å²) >= 11 is 7.21. The van der Waals surface area contributed by atoms with Gasteiger partial charge in [-0.25, -0.2) is 4.98 Å². The number of rotatable bonds is 19. The summed E-state index contributed by atoms with van der Waals surface area (Å²) in [6.45, 7) is 11.4. The molecule has 2 atom stereocenters. The monoisotopic (exact) mass is 985 g/mol. The zero-order valence-corrected chi connectivity index (χ0v) is 40.6. The summed E-state index contributed by atoms with van der Waals surface area (Å²) in [6.07, 6.45) is -1.00. The number of hydrogen-bond donors (Lipinski definition) is 1. The third-order valence-electron chi connectivity index (χ3n) is 12.3. The fraction of sp³-hybridized carbons (Fsp3) is 0.420. The van der Waals surface area contributed by atoms with E-state index >= 15 is 0 Å². The van der Waals surface area contributed by atoms with Gasteiger partial charge in [0.25, 0.3) is 11.8 Å². The Hall–Kier alpha value is -6.36. The molecule has 2 fully saturated rings. The molecule has 2 saturated heterocycles. The minimum absolute atomic E-state index is 0.00598. The number of nitriles is 1. The number of aromatic nitrogens is 1. The number of ether oxygens (including phenoxy) is 3. The van der Waals surface area contributed by atoms with E-state index in [4.69, 9.17) is 26.4 Å². The van der Waals surface area contributed by atoms with E-state index in [1.54, 1.807) is 65.3 Å². The number of hydrogen-bond acceptors (Lipinski definition) is 11. The number of thiazole rings is 1. The number of halogens is 3. The van der Waals surface area contributed by atoms with Crippen molar-refractivity contribution in [1.82, 2.24) is 20.1 Å². The van der Waals surface area contributed by atoms with Crippen molar-refractivity contribution >= 4 is 63.7 Å². The lowest BCUT2D eigenvalue weighted by molar-refractivity contribution is -0.147. The molecule has 14 nitrogen and oxygen atoms in total. The lowest BCUT2D eigenvalue weighted by atomic mass is 10.0. The summed E-state index contributed by atoms with van der Waals surface area (Å²) in [5.74, 6) is -0.483. The molecule has 0 saturated carbocycles. The Balaban J connectivity index is 0.806. The standard InChI is InChI=1S/C50H54F3N7O7S2/c1-31(2)43(46(63)57-20-6-9-41(57)45(62)55-28-33-10-12-34(13-11-33)44-32(3)56-30-69-44)58-29-39(26-42(58)61)67-24-8-22-65-21-7-23-66-38-18-16-36(17-19-38)60-48(68)59(47(64)49(60,4)5)37-15-14-35(27-54)40(25-37)50(51,52)53/h10-19,25-26,30-31,41,43H,6-9,20-24,28-29H2,1-5H3,(H,55,62)/t41-,43?/m0/s1. The molecule has 4 aromatic rings. The molecule has 69 heavy (non-hydrogen) atoms. The van der Waals surface area contributed by atoms with Crippen LogP contribution >= 0.6 is 23.6 Å². The van der Waals surface area contributed by atoms with Crippen LogP contribution in [0.5, 0.6) is 5.75 Å². The van der Waals surface area contributed by atoms with E-state index in [-0.39, 0.29) is 41.0 Å². The highest BCUT2D eigenvalue weighted by atomic mass is 32.1. The van der Waals surface area contributed by atoms with Crippen LogP contribution in [0.3, 0.4) is 0 Å². The molecule has 7 rings (SSSR count). The Morgan fingerprint density at radius 3 is 2.30 bits per heavy atom. The molecule has 19 heteroatoms. The van der Waals surface area contributed by atoms with Crippen molar-refractivity contribution in [3.63, 3.8) is 0 Å². The predicted molar refractivity (Wildman–Crippen MR) is 258 cm³/mol. The van der Waals surface area contributed by atoms with Gasteiger partial charge in [-0.15, -0.1) is 11.3 Å². The van der Waals surface area contributed by atoms with E-state index < -0.39 is 40.8 Å². The zero-order valence-electron chi connectivity index (χ0n) is 39.0. The maximum absolute atomic E-state index is 14.1. The molecule has 1 aromatic heterocycles. The first-order chi connectivity index (χ1) is 32.9. The maximum Gasteiger partial charge on any atom is 0.417 e. The minimum Gasteiger partial charge on any atom is -0.496 e. The molecule has 1 N–H and O–H groups in total. The second-order valence-corrected chi connectivity index (χ2v) is 19.0. The second kappa shape index (κ2) is 21.5. The molecule has 364 valence electrons. The van der Waals surface area contributed by atoms with Crippen LogP contribution in [0.15, 0.2) is 84.1 Å². The topological polar surface area (TPSA) is 158 Å². The Morgan fingerprint density at radius 1 is 0.986 bits per heavy atom. The molecule has 4 heterocycles. The molecule has 1 unspecified atom stereocenters. The number of nitrogens with one attached hydrogen (secondary N) is 1. The zero-order chi connectivity index (χ0) is 49.6. The van der Waals surface area contributed by atoms with E-state index in [1.807, 2.05) is 50.5 Å². The van der Waals surface area contributed by atoms with Crippen molar-refractivity contribution in [3.8, 4) is 22.3 Å². The van der Waals surface area contributed by atoms with Crippen LogP contribution in [-0.2, 0) is 41.4 Å². The largest absolute Gasteiger partial charge is 0.496 e. The van der Waals surface area contributed by atoms with Gasteiger partial charge in [0.05, 0.1) is 58.7 Å². The van der Waals surface area contributed by atoms with Gasteiger partial charge in [-0.05, 0) is 105 Å². The first kappa shape index (κ1) is 50.5. The summed E-state index contributed by atoms with van der Waals surface area (Å²) in [6, 6.07) is 18.1. The number of benzene rings is 3. The van der Waals surface area contributed by atoms with E-state index in [2.05, 4.69) is 10.3 Å². The van der Waals surface area contributed by atoms with Crippen LogP contribution in [0.1, 0.15) is 75.8 Å². The Labute approximate surface area is 408 Å². The van der Waals surface area contributed by atoms with Gasteiger partial charge >= 0.3 is 6.18 Å². The van der Waals surface area contributed by atoms with Crippen LogP contribution in [0.25, 0.3) is 10.4 Å². The Morgan fingerprint density at radius 2 is 1.67 bits per heavy atom. The number of anilines is 2. The van der Waals surface area contributed by atoms with E-state index in [1.165, 1.54) is 17.0 Å². The predicted octanol–water partition coefficient (Wildman–Crippen LogP) is 8.18. The van der Waals surface area contributed by atoms with Gasteiger partial charge in [0.2, 0.25) is 11.8 Å². The average molecular weight is 986 g/mol. The van der Waals surface area contributed by atoms with Crippen LogP contribution in [-0.4, -0.2) is 101 Å². The van der Waals surface area contributed by atoms with Crippen LogP contribution < -0.4 is 19.9 Å². The third-order valence-corrected chi connectivity index (χ3v) is 13.6. The second-order valence-electron chi connectivity index (χ2n) is 17.8. The smallest absolute Gasteiger partial charge is 0.417 e. The van der Waals surface area contributed by atoms with Crippen molar-refractivity contribution < 1.29 is 46.6 Å². The first-order valence-electron chi connectivity index (χ1n) is 22.7. The highest BCUT2D eigenvalue weighted by Gasteiger charge is 2.51. The number of nitrogens with zero attached hydrogens (tertiary/aromatic N) is 6. The van der Waals surface area contributed by atoms with Crippen molar-refractivity contribution in [2.24, 2.45) is 5.92 Å². The number of carbonyl (C=O) groups excluding carboxylic acids is 4. The van der Waals surface area contributed by atoms with Crippen molar-refractivity contribution in [1.29, 1.82) is 5.26 Å². The van der Waals surface area contributed by atoms with Crippen LogP contribution in [0.4, 0.5) is 24.5 Å². The minimum atomic E-state index is -4.80. The highest BCUT2D eigenvalue weighted by Crippen LogP contribution is 2.40. The molecular formula is C50H54F3N7O7S2. The third kappa shape index (κ3) is 11.2. The number of aryl methyl sites for hydroxylation is 1. The summed E-state index contributed by atoms with van der Waals surface area (Å²) in [4.78, 5) is 65.5. The van der Waals surface area contributed by atoms with Gasteiger partial charge in [-0.3, -0.25) is 24.1 Å². The van der Waals surface area contributed by atoms with E-state index in [0.29, 0.717) is 82.4 Å². The molecule has 0 spiro atoms. The highest BCUT2D eigenvalue weighted by molar-refractivity contribution is 7.81. The van der Waals surface area contributed by atoms with E-state index in [9.17, 15) is 37.6 Å². The lowest BCUT2D eigenvalue weighted by Crippen LogP contribution is -2.55. The number of thiocarbonyl (C=S) groups is 1. The molecule has 0 radical (unpaired) electrons. The molecule has 4 amide bonds. The van der Waals surface area contributed by atoms with Gasteiger partial charge in [0, 0.05) is 50.9 Å². The van der Waals surface area contributed by atoms with Crippen molar-refractivity contribution in [3.05, 3.63) is 106 Å². The summed E-state index contributed by atoms with van der Waals surface area (Å²) in [5, 5.41) is 12.2. The van der Waals surface area contributed by atoms with Gasteiger partial charge in [0.15, 0.2) is 5.11 Å². The fourth-order valence-electron chi connectivity index (χ4n) is 8.71. The summed E-state index contributed by atoms with van der Waals surface area (Å²) in [7, 11) is 0. The summed E-state index contributed by atoms with van der Waals surface area (Å²) in [5.41, 5.74) is 2.32. The normalized spacial score (nSPS) is 17.4. The SMILES string of the molecule is Cc1ncsc1-c1ccc(CNC(=O)[C@@H]2CCCN2C(=O)C(C(C)C)N2CC(OCCCOCCCOc3ccc(N4C(=S)N(c5ccc(C#N)c(C(F)(F)F)c5)C(=O)C4(C)C)cc3)=CC2=O)cc1. The summed E-state index contributed by atoms with van der Waals surface area (Å²) < 4.78 is 58.7. The molecule has 3 aliphatic heterocycles. The van der Waals surface area contributed by atoms with Crippen LogP contribution in [0, 0.1) is 24.2 Å². The van der Waals surface area contributed by atoms with Crippen LogP contribution in [0.2, 0.25) is 0 Å². The number of carbonyl (C=O) groups is 4. The van der Waals surface area contributed by atoms with E-state index in [0.717, 1.165) is 38.7 Å². The quantitative estimate of drug-likeness (QED) is 0.0714. The molecule has 3 aromatic carbocycles. The molecule has 0 aliphatic carbocycles. The first-order valence-corrected chi connectivity index (χ1v) is 24.0. The molecular weight excluding hydrogens is 932 g/mol. The lowest BCUT2D eigenvalue weighted by Gasteiger charge is -2.35. The number of alkyl halides is 3. The molecule has 3 aliphatic rings. The number of amides is 4. The fourth-order valence-corrected chi connectivity index (χ4v) is 10.0. The Kier molecular flexibility index (Phi) is 15.8. The van der Waals surface area contributed by atoms with Gasteiger partial charge < -0.3 is 34.2 Å². The van der Waals surface area contributed by atoms with Crippen molar-refractivity contribution in [2.45, 2.75) is 90.6 Å². The van der Waals surface area contributed by atoms with Gasteiger partial charge in [-0.1, -0.05) is 38.1 Å². The molecule has 0 bridgehead atoms. The number of likely N-dealkylation sites (tertiary alicyclic amines) is 1.